The van der Waals surface area contributed by atoms with Gasteiger partial charge in [0.15, 0.2) is 11.2 Å². The van der Waals surface area contributed by atoms with Crippen LogP contribution in [0.4, 0.5) is 13.2 Å². The van der Waals surface area contributed by atoms with Crippen LogP contribution in [0.25, 0.3) is 0 Å². The number of carboxylic acid groups (broad SMARTS) is 1. The van der Waals surface area contributed by atoms with E-state index in [1.165, 1.54) is 13.8 Å². The standard InChI is InChI=1S/C10H13F3O7S/c1-6(20-21(16,17)10(11,12)13)9(7(14)15)4-18-8(2,3)19-5-9/h1,4-5H2,2-3H3,(H,14,15). The van der Waals surface area contributed by atoms with Crippen LogP contribution in [0.3, 0.4) is 0 Å². The molecule has 1 rings (SSSR count). The third kappa shape index (κ3) is 3.47. The lowest BCUT2D eigenvalue weighted by molar-refractivity contribution is -0.280. The molecule has 0 amide bonds. The van der Waals surface area contributed by atoms with Gasteiger partial charge in [0.05, 0.1) is 13.2 Å². The molecule has 11 heteroatoms. The molecular weight excluding hydrogens is 321 g/mol. The summed E-state index contributed by atoms with van der Waals surface area (Å²) in [6, 6.07) is 0. The topological polar surface area (TPSA) is 99.1 Å². The second kappa shape index (κ2) is 5.14. The summed E-state index contributed by atoms with van der Waals surface area (Å²) in [7, 11) is -6.02. The molecule has 0 spiro atoms. The van der Waals surface area contributed by atoms with Gasteiger partial charge >= 0.3 is 21.6 Å². The monoisotopic (exact) mass is 334 g/mol. The highest BCUT2D eigenvalue weighted by Gasteiger charge is 2.55. The molecule has 0 unspecified atom stereocenters. The van der Waals surface area contributed by atoms with Crippen LogP contribution in [0.1, 0.15) is 13.8 Å². The lowest BCUT2D eigenvalue weighted by Gasteiger charge is -2.40. The van der Waals surface area contributed by atoms with Crippen molar-refractivity contribution in [3.8, 4) is 0 Å². The van der Waals surface area contributed by atoms with Gasteiger partial charge in [0.25, 0.3) is 0 Å². The van der Waals surface area contributed by atoms with Crippen molar-refractivity contribution in [1.29, 1.82) is 0 Å². The second-order valence-electron chi connectivity index (χ2n) is 4.77. The fraction of sp³-hybridized carbons (Fsp3) is 0.700. The summed E-state index contributed by atoms with van der Waals surface area (Å²) in [6.45, 7) is 4.58. The van der Waals surface area contributed by atoms with Gasteiger partial charge in [0.2, 0.25) is 0 Å². The van der Waals surface area contributed by atoms with Crippen LogP contribution in [-0.4, -0.2) is 44.0 Å². The van der Waals surface area contributed by atoms with E-state index >= 15 is 0 Å². The molecule has 1 N–H and O–H groups in total. The van der Waals surface area contributed by atoms with Gasteiger partial charge in [-0.05, 0) is 13.8 Å². The van der Waals surface area contributed by atoms with Gasteiger partial charge in [0.1, 0.15) is 5.76 Å². The molecule has 1 aliphatic heterocycles. The predicted molar refractivity (Wildman–Crippen MR) is 61.3 cm³/mol. The summed E-state index contributed by atoms with van der Waals surface area (Å²) in [5.41, 5.74) is -7.96. The van der Waals surface area contributed by atoms with E-state index in [4.69, 9.17) is 14.6 Å². The molecule has 1 heterocycles. The lowest BCUT2D eigenvalue weighted by atomic mass is 9.87. The molecule has 0 saturated carbocycles. The predicted octanol–water partition coefficient (Wildman–Crippen LogP) is 1.22. The molecule has 1 aliphatic rings. The van der Waals surface area contributed by atoms with E-state index < -0.39 is 51.8 Å². The van der Waals surface area contributed by atoms with E-state index in [-0.39, 0.29) is 0 Å². The minimum absolute atomic E-state index is 0.651. The van der Waals surface area contributed by atoms with E-state index in [9.17, 15) is 26.4 Å². The maximum absolute atomic E-state index is 12.2. The second-order valence-corrected chi connectivity index (χ2v) is 6.31. The Hall–Kier alpha value is -1.33. The van der Waals surface area contributed by atoms with Crippen molar-refractivity contribution in [2.75, 3.05) is 13.2 Å². The van der Waals surface area contributed by atoms with E-state index in [1.807, 2.05) is 0 Å². The molecule has 0 bridgehead atoms. The molecule has 1 fully saturated rings. The van der Waals surface area contributed by atoms with E-state index in [0.717, 1.165) is 0 Å². The van der Waals surface area contributed by atoms with Crippen LogP contribution in [0.2, 0.25) is 0 Å². The first-order valence-electron chi connectivity index (χ1n) is 5.45. The van der Waals surface area contributed by atoms with Gasteiger partial charge in [0, 0.05) is 0 Å². The van der Waals surface area contributed by atoms with E-state index in [0.29, 0.717) is 0 Å². The Bertz CT molecular complexity index is 539. The first kappa shape index (κ1) is 17.7. The zero-order chi connectivity index (χ0) is 16.7. The largest absolute Gasteiger partial charge is 0.534 e. The molecule has 122 valence electrons. The minimum atomic E-state index is -6.02. The number of halogens is 3. The van der Waals surface area contributed by atoms with Crippen LogP contribution >= 0.6 is 0 Å². The summed E-state index contributed by atoms with van der Waals surface area (Å²) >= 11 is 0. The smallest absolute Gasteiger partial charge is 0.480 e. The number of carbonyl (C=O) groups is 1. The molecule has 7 nitrogen and oxygen atoms in total. The average molecular weight is 334 g/mol. The highest BCUT2D eigenvalue weighted by molar-refractivity contribution is 7.87. The van der Waals surface area contributed by atoms with Crippen molar-refractivity contribution in [1.82, 2.24) is 0 Å². The average Bonchev–Trinajstić information content (AvgIpc) is 2.26. The van der Waals surface area contributed by atoms with E-state index in [1.54, 1.807) is 0 Å². The number of carboxylic acids is 1. The highest BCUT2D eigenvalue weighted by Crippen LogP contribution is 2.38. The van der Waals surface area contributed by atoms with Crippen LogP contribution in [0.15, 0.2) is 12.3 Å². The number of hydrogen-bond donors (Lipinski definition) is 1. The van der Waals surface area contributed by atoms with Crippen LogP contribution in [0, 0.1) is 5.41 Å². The SMILES string of the molecule is C=C(OS(=O)(=O)C(F)(F)F)C1(C(=O)O)COC(C)(C)OC1. The summed E-state index contributed by atoms with van der Waals surface area (Å²) < 4.78 is 72.4. The van der Waals surface area contributed by atoms with Crippen LogP contribution < -0.4 is 0 Å². The number of aliphatic carboxylic acids is 1. The van der Waals surface area contributed by atoms with Crippen LogP contribution in [-0.2, 0) is 28.6 Å². The summed E-state index contributed by atoms with van der Waals surface area (Å²) in [5.74, 6) is -3.98. The van der Waals surface area contributed by atoms with Crippen molar-refractivity contribution in [2.45, 2.75) is 25.1 Å². The maximum Gasteiger partial charge on any atom is 0.534 e. The third-order valence-corrected chi connectivity index (χ3v) is 3.76. The Balaban J connectivity index is 3.04. The minimum Gasteiger partial charge on any atom is -0.480 e. The third-order valence-electron chi connectivity index (χ3n) is 2.77. The molecular formula is C10H13F3O7S. The lowest BCUT2D eigenvalue weighted by Crippen LogP contribution is -2.52. The number of hydrogen-bond acceptors (Lipinski definition) is 6. The Morgan fingerprint density at radius 3 is 2.05 bits per heavy atom. The number of ether oxygens (including phenoxy) is 2. The van der Waals surface area contributed by atoms with Crippen molar-refractivity contribution < 1.29 is 45.1 Å². The fourth-order valence-electron chi connectivity index (χ4n) is 1.34. The highest BCUT2D eigenvalue weighted by atomic mass is 32.2. The Kier molecular flexibility index (Phi) is 4.34. The fourth-order valence-corrected chi connectivity index (χ4v) is 1.86. The van der Waals surface area contributed by atoms with Crippen molar-refractivity contribution in [3.63, 3.8) is 0 Å². The van der Waals surface area contributed by atoms with Gasteiger partial charge in [-0.1, -0.05) is 6.58 Å². The van der Waals surface area contributed by atoms with Crippen molar-refractivity contribution in [2.24, 2.45) is 5.41 Å². The normalized spacial score (nSPS) is 21.6. The molecule has 0 radical (unpaired) electrons. The van der Waals surface area contributed by atoms with Gasteiger partial charge in [-0.2, -0.15) is 21.6 Å². The van der Waals surface area contributed by atoms with Gasteiger partial charge in [-0.3, -0.25) is 4.79 Å². The number of alkyl halides is 3. The zero-order valence-electron chi connectivity index (χ0n) is 11.1. The number of rotatable bonds is 4. The zero-order valence-corrected chi connectivity index (χ0v) is 11.9. The molecule has 21 heavy (non-hydrogen) atoms. The Labute approximate surface area is 118 Å². The molecule has 0 aromatic carbocycles. The van der Waals surface area contributed by atoms with Gasteiger partial charge in [-0.15, -0.1) is 0 Å². The summed E-state index contributed by atoms with van der Waals surface area (Å²) in [4.78, 5) is 11.3. The molecule has 0 aromatic heterocycles. The Morgan fingerprint density at radius 1 is 1.29 bits per heavy atom. The summed E-state index contributed by atoms with van der Waals surface area (Å²) in [6.07, 6.45) is 0. The quantitative estimate of drug-likeness (QED) is 0.469. The maximum atomic E-state index is 12.2. The molecule has 0 aromatic rings. The Morgan fingerprint density at radius 2 is 1.71 bits per heavy atom. The van der Waals surface area contributed by atoms with E-state index in [2.05, 4.69) is 10.8 Å². The summed E-state index contributed by atoms with van der Waals surface area (Å²) in [5, 5.41) is 9.15. The first-order chi connectivity index (χ1) is 9.24. The molecule has 0 aliphatic carbocycles. The van der Waals surface area contributed by atoms with Gasteiger partial charge in [-0.25, -0.2) is 0 Å². The first-order valence-corrected chi connectivity index (χ1v) is 6.86. The van der Waals surface area contributed by atoms with Crippen molar-refractivity contribution in [3.05, 3.63) is 12.3 Å². The molecule has 1 saturated heterocycles. The van der Waals surface area contributed by atoms with Gasteiger partial charge < -0.3 is 18.8 Å². The van der Waals surface area contributed by atoms with Crippen molar-refractivity contribution >= 4 is 16.1 Å². The van der Waals surface area contributed by atoms with Crippen LogP contribution in [0.5, 0.6) is 0 Å². The molecule has 0 atom stereocenters.